The molecular weight excluding hydrogens is 444 g/mol. The molecule has 0 aliphatic heterocycles. The second kappa shape index (κ2) is 9.63. The van der Waals surface area contributed by atoms with Crippen molar-refractivity contribution in [2.75, 3.05) is 16.3 Å². The molecule has 0 fully saturated rings. The van der Waals surface area contributed by atoms with Crippen molar-refractivity contribution in [1.82, 2.24) is 14.8 Å². The van der Waals surface area contributed by atoms with Crippen LogP contribution in [0.1, 0.15) is 23.1 Å². The summed E-state index contributed by atoms with van der Waals surface area (Å²) in [6.07, 6.45) is 1.16. The molecule has 0 saturated heterocycles. The van der Waals surface area contributed by atoms with E-state index in [9.17, 15) is 13.2 Å². The normalized spacial score (nSPS) is 11.4. The van der Waals surface area contributed by atoms with Crippen LogP contribution in [0.5, 0.6) is 0 Å². The minimum Gasteiger partial charge on any atom is -0.305 e. The summed E-state index contributed by atoms with van der Waals surface area (Å²) in [4.78, 5) is 12.4. The molecule has 0 amide bonds. The first-order valence-corrected chi connectivity index (χ1v) is 12.4. The van der Waals surface area contributed by atoms with E-state index in [0.717, 1.165) is 6.26 Å². The van der Waals surface area contributed by atoms with Gasteiger partial charge in [-0.1, -0.05) is 41.6 Å². The Morgan fingerprint density at radius 2 is 1.77 bits per heavy atom. The Balaban J connectivity index is 1.77. The number of rotatable bonds is 9. The minimum absolute atomic E-state index is 0.0501. The van der Waals surface area contributed by atoms with Crippen molar-refractivity contribution in [3.8, 4) is 0 Å². The van der Waals surface area contributed by atoms with E-state index < -0.39 is 10.0 Å². The third-order valence-corrected chi connectivity index (χ3v) is 6.70. The summed E-state index contributed by atoms with van der Waals surface area (Å²) in [7, 11) is -3.52. The lowest BCUT2D eigenvalue weighted by molar-refractivity contribution is 0.102. The van der Waals surface area contributed by atoms with Gasteiger partial charge in [0.2, 0.25) is 10.0 Å². The number of benzene rings is 2. The highest BCUT2D eigenvalue weighted by molar-refractivity contribution is 7.99. The fourth-order valence-corrected chi connectivity index (χ4v) is 4.73. The van der Waals surface area contributed by atoms with E-state index in [1.165, 1.54) is 16.1 Å². The molecule has 158 valence electrons. The number of hydrogen-bond acceptors (Lipinski definition) is 6. The highest BCUT2D eigenvalue weighted by atomic mass is 35.5. The Morgan fingerprint density at radius 1 is 1.10 bits per heavy atom. The van der Waals surface area contributed by atoms with Crippen molar-refractivity contribution >= 4 is 44.9 Å². The van der Waals surface area contributed by atoms with E-state index in [1.807, 2.05) is 17.6 Å². The van der Waals surface area contributed by atoms with E-state index >= 15 is 0 Å². The molecule has 0 radical (unpaired) electrons. The molecule has 3 aromatic rings. The smallest absolute Gasteiger partial charge is 0.232 e. The zero-order chi connectivity index (χ0) is 21.7. The summed E-state index contributed by atoms with van der Waals surface area (Å²) in [5.74, 6) is 0.646. The molecular formula is C20H21ClN4O3S2. The molecule has 0 spiro atoms. The second-order valence-electron chi connectivity index (χ2n) is 6.47. The van der Waals surface area contributed by atoms with Gasteiger partial charge in [0.1, 0.15) is 0 Å². The van der Waals surface area contributed by atoms with Gasteiger partial charge in [0.05, 0.1) is 24.2 Å². The van der Waals surface area contributed by atoms with Crippen LogP contribution in [0.2, 0.25) is 5.02 Å². The zero-order valence-electron chi connectivity index (χ0n) is 16.5. The first-order chi connectivity index (χ1) is 14.3. The van der Waals surface area contributed by atoms with Crippen LogP contribution in [-0.4, -0.2) is 41.0 Å². The van der Waals surface area contributed by atoms with Gasteiger partial charge in [-0.25, -0.2) is 8.42 Å². The molecule has 3 rings (SSSR count). The van der Waals surface area contributed by atoms with Crippen LogP contribution in [-0.2, 0) is 23.1 Å². The lowest BCUT2D eigenvalue weighted by Gasteiger charge is -2.22. The van der Waals surface area contributed by atoms with Crippen LogP contribution in [0.3, 0.4) is 0 Å². The van der Waals surface area contributed by atoms with Crippen LogP contribution in [0.4, 0.5) is 5.69 Å². The highest BCUT2D eigenvalue weighted by Crippen LogP contribution is 2.23. The molecule has 1 heterocycles. The van der Waals surface area contributed by atoms with Gasteiger partial charge in [-0.15, -0.1) is 10.2 Å². The number of thioether (sulfide) groups is 1. The number of carbonyl (C=O) groups is 1. The van der Waals surface area contributed by atoms with Crippen LogP contribution in [0.25, 0.3) is 0 Å². The number of para-hydroxylation sites is 1. The quantitative estimate of drug-likeness (QED) is 0.352. The molecule has 7 nitrogen and oxygen atoms in total. The molecule has 30 heavy (non-hydrogen) atoms. The largest absolute Gasteiger partial charge is 0.305 e. The molecule has 0 aliphatic rings. The van der Waals surface area contributed by atoms with Crippen molar-refractivity contribution in [1.29, 1.82) is 0 Å². The molecule has 2 aromatic carbocycles. The SMILES string of the molecule is CCn1c(CN(c2ccccc2)S(C)(=O)=O)nnc1SCC(=O)c1ccc(Cl)cc1. The van der Waals surface area contributed by atoms with Crippen molar-refractivity contribution < 1.29 is 13.2 Å². The molecule has 0 unspecified atom stereocenters. The number of halogens is 1. The number of sulfonamides is 1. The first kappa shape index (κ1) is 22.3. The number of ketones is 1. The third-order valence-electron chi connectivity index (χ3n) is 4.34. The summed E-state index contributed by atoms with van der Waals surface area (Å²) in [5, 5.41) is 9.50. The van der Waals surface area contributed by atoms with Crippen LogP contribution >= 0.6 is 23.4 Å². The van der Waals surface area contributed by atoms with E-state index in [0.29, 0.717) is 33.8 Å². The van der Waals surface area contributed by atoms with Gasteiger partial charge in [0.25, 0.3) is 0 Å². The van der Waals surface area contributed by atoms with E-state index in [-0.39, 0.29) is 18.1 Å². The van der Waals surface area contributed by atoms with Crippen molar-refractivity contribution in [2.45, 2.75) is 25.2 Å². The standard InChI is InChI=1S/C20H21ClN4O3S2/c1-3-24-19(13-25(30(2,27)28)17-7-5-4-6-8-17)22-23-20(24)29-14-18(26)15-9-11-16(21)12-10-15/h4-12H,3,13-14H2,1-2H3. The summed E-state index contributed by atoms with van der Waals surface area (Å²) in [6, 6.07) is 15.6. The number of anilines is 1. The fourth-order valence-electron chi connectivity index (χ4n) is 2.83. The molecule has 10 heteroatoms. The van der Waals surface area contributed by atoms with Gasteiger partial charge in [-0.2, -0.15) is 0 Å². The second-order valence-corrected chi connectivity index (χ2v) is 9.75. The predicted molar refractivity (Wildman–Crippen MR) is 120 cm³/mol. The van der Waals surface area contributed by atoms with Gasteiger partial charge in [-0.3, -0.25) is 9.10 Å². The lowest BCUT2D eigenvalue weighted by atomic mass is 10.1. The number of aromatic nitrogens is 3. The van der Waals surface area contributed by atoms with Gasteiger partial charge in [0, 0.05) is 17.1 Å². The number of hydrogen-bond donors (Lipinski definition) is 0. The monoisotopic (exact) mass is 464 g/mol. The lowest BCUT2D eigenvalue weighted by Crippen LogP contribution is -2.30. The van der Waals surface area contributed by atoms with Crippen molar-refractivity contribution in [3.05, 3.63) is 71.0 Å². The first-order valence-electron chi connectivity index (χ1n) is 9.16. The Hall–Kier alpha value is -2.36. The molecule has 0 aliphatic carbocycles. The van der Waals surface area contributed by atoms with Crippen LogP contribution in [0.15, 0.2) is 59.8 Å². The van der Waals surface area contributed by atoms with E-state index in [1.54, 1.807) is 48.5 Å². The van der Waals surface area contributed by atoms with Crippen LogP contribution in [0, 0.1) is 0 Å². The average Bonchev–Trinajstić information content (AvgIpc) is 3.12. The average molecular weight is 465 g/mol. The Labute approximate surface area is 185 Å². The molecule has 1 aromatic heterocycles. The number of carbonyl (C=O) groups excluding carboxylic acids is 1. The maximum absolute atomic E-state index is 12.4. The van der Waals surface area contributed by atoms with Gasteiger partial charge in [-0.05, 0) is 43.3 Å². The third kappa shape index (κ3) is 5.41. The van der Waals surface area contributed by atoms with E-state index in [4.69, 9.17) is 11.6 Å². The Bertz CT molecular complexity index is 1120. The summed E-state index contributed by atoms with van der Waals surface area (Å²) < 4.78 is 27.8. The summed E-state index contributed by atoms with van der Waals surface area (Å²) in [5.41, 5.74) is 1.12. The van der Waals surface area contributed by atoms with Crippen molar-refractivity contribution in [2.24, 2.45) is 0 Å². The van der Waals surface area contributed by atoms with Crippen molar-refractivity contribution in [3.63, 3.8) is 0 Å². The van der Waals surface area contributed by atoms with Gasteiger partial charge >= 0.3 is 0 Å². The molecule has 0 saturated carbocycles. The number of Topliss-reactive ketones (excluding diaryl/α,β-unsaturated/α-hetero) is 1. The Morgan fingerprint density at radius 3 is 2.37 bits per heavy atom. The fraction of sp³-hybridized carbons (Fsp3) is 0.250. The summed E-state index contributed by atoms with van der Waals surface area (Å²) >= 11 is 7.13. The molecule has 0 atom stereocenters. The van der Waals surface area contributed by atoms with Gasteiger partial charge < -0.3 is 4.57 Å². The van der Waals surface area contributed by atoms with Crippen LogP contribution < -0.4 is 4.31 Å². The summed E-state index contributed by atoms with van der Waals surface area (Å²) in [6.45, 7) is 2.52. The molecule has 0 bridgehead atoms. The maximum Gasteiger partial charge on any atom is 0.232 e. The topological polar surface area (TPSA) is 85.2 Å². The zero-order valence-corrected chi connectivity index (χ0v) is 18.9. The van der Waals surface area contributed by atoms with E-state index in [2.05, 4.69) is 10.2 Å². The predicted octanol–water partition coefficient (Wildman–Crippen LogP) is 3.89. The highest BCUT2D eigenvalue weighted by Gasteiger charge is 2.22. The number of nitrogens with zero attached hydrogens (tertiary/aromatic N) is 4. The minimum atomic E-state index is -3.52. The Kier molecular flexibility index (Phi) is 7.17. The molecule has 0 N–H and O–H groups in total. The van der Waals surface area contributed by atoms with Gasteiger partial charge in [0.15, 0.2) is 16.8 Å². The maximum atomic E-state index is 12.4.